The maximum absolute atomic E-state index is 13.1. The summed E-state index contributed by atoms with van der Waals surface area (Å²) in [5.41, 5.74) is 0.822. The molecule has 92 valence electrons. The standard InChI is InChI=1S/C12H8BrFN2OS/c13-8-3-9(14)5-11(4-8)17-7-10-6-16-1-2-18-12(16)15-10/h1-6H,7H2. The minimum Gasteiger partial charge on any atom is -0.487 e. The van der Waals surface area contributed by atoms with Gasteiger partial charge in [-0.2, -0.15) is 0 Å². The molecule has 0 saturated heterocycles. The van der Waals surface area contributed by atoms with Crippen molar-refractivity contribution in [3.05, 3.63) is 52.0 Å². The number of rotatable bonds is 3. The average Bonchev–Trinajstić information content (AvgIpc) is 2.84. The summed E-state index contributed by atoms with van der Waals surface area (Å²) >= 11 is 4.79. The van der Waals surface area contributed by atoms with Gasteiger partial charge in [-0.15, -0.1) is 11.3 Å². The van der Waals surface area contributed by atoms with Crippen molar-refractivity contribution < 1.29 is 9.13 Å². The first-order valence-corrected chi connectivity index (χ1v) is 6.88. The predicted octanol–water partition coefficient (Wildman–Crippen LogP) is 3.88. The third-order valence-corrected chi connectivity index (χ3v) is 3.59. The third-order valence-electron chi connectivity index (χ3n) is 2.37. The molecule has 0 atom stereocenters. The van der Waals surface area contributed by atoms with E-state index in [1.165, 1.54) is 12.1 Å². The number of hydrogen-bond donors (Lipinski definition) is 0. The van der Waals surface area contributed by atoms with Crippen molar-refractivity contribution in [2.45, 2.75) is 6.61 Å². The number of imidazole rings is 1. The second-order valence-electron chi connectivity index (χ2n) is 3.72. The van der Waals surface area contributed by atoms with E-state index in [0.717, 1.165) is 10.7 Å². The molecule has 3 nitrogen and oxygen atoms in total. The van der Waals surface area contributed by atoms with Crippen LogP contribution < -0.4 is 4.74 Å². The minimum absolute atomic E-state index is 0.324. The average molecular weight is 327 g/mol. The lowest BCUT2D eigenvalue weighted by atomic mass is 10.3. The van der Waals surface area contributed by atoms with Crippen LogP contribution in [-0.4, -0.2) is 9.38 Å². The summed E-state index contributed by atoms with van der Waals surface area (Å²) in [7, 11) is 0. The Morgan fingerprint density at radius 1 is 1.39 bits per heavy atom. The van der Waals surface area contributed by atoms with Gasteiger partial charge in [0.05, 0.1) is 5.69 Å². The highest BCUT2D eigenvalue weighted by Crippen LogP contribution is 2.21. The Hall–Kier alpha value is -1.40. The molecular formula is C12H8BrFN2OS. The van der Waals surface area contributed by atoms with E-state index in [-0.39, 0.29) is 5.82 Å². The van der Waals surface area contributed by atoms with Crippen LogP contribution >= 0.6 is 27.3 Å². The molecule has 18 heavy (non-hydrogen) atoms. The van der Waals surface area contributed by atoms with E-state index in [9.17, 15) is 4.39 Å². The van der Waals surface area contributed by atoms with E-state index in [1.807, 2.05) is 22.2 Å². The van der Waals surface area contributed by atoms with Crippen LogP contribution in [0, 0.1) is 5.82 Å². The van der Waals surface area contributed by atoms with Gasteiger partial charge in [0.15, 0.2) is 4.96 Å². The molecule has 3 aromatic rings. The highest BCUT2D eigenvalue weighted by molar-refractivity contribution is 9.10. The Morgan fingerprint density at radius 2 is 2.28 bits per heavy atom. The van der Waals surface area contributed by atoms with Crippen LogP contribution in [0.25, 0.3) is 4.96 Å². The molecule has 0 saturated carbocycles. The molecular weight excluding hydrogens is 319 g/mol. The molecule has 0 amide bonds. The molecule has 0 radical (unpaired) electrons. The maximum atomic E-state index is 13.1. The van der Waals surface area contributed by atoms with Gasteiger partial charge < -0.3 is 4.74 Å². The van der Waals surface area contributed by atoms with Gasteiger partial charge in [0.1, 0.15) is 18.2 Å². The first kappa shape index (κ1) is 11.7. The fraction of sp³-hybridized carbons (Fsp3) is 0.0833. The number of nitrogens with zero attached hydrogens (tertiary/aromatic N) is 2. The second-order valence-corrected chi connectivity index (χ2v) is 5.51. The summed E-state index contributed by atoms with van der Waals surface area (Å²) in [6, 6.07) is 4.46. The zero-order valence-electron chi connectivity index (χ0n) is 9.14. The summed E-state index contributed by atoms with van der Waals surface area (Å²) in [6.45, 7) is 0.324. The lowest BCUT2D eigenvalue weighted by Crippen LogP contribution is -1.96. The predicted molar refractivity (Wildman–Crippen MR) is 71.5 cm³/mol. The molecule has 2 heterocycles. The van der Waals surface area contributed by atoms with Crippen LogP contribution in [0.15, 0.2) is 40.4 Å². The first-order valence-electron chi connectivity index (χ1n) is 5.21. The van der Waals surface area contributed by atoms with Crippen molar-refractivity contribution in [3.8, 4) is 5.75 Å². The lowest BCUT2D eigenvalue weighted by Gasteiger charge is -2.04. The Kier molecular flexibility index (Phi) is 3.05. The fourth-order valence-electron chi connectivity index (χ4n) is 1.61. The van der Waals surface area contributed by atoms with E-state index < -0.39 is 0 Å². The van der Waals surface area contributed by atoms with Gasteiger partial charge in [0, 0.05) is 28.3 Å². The Balaban J connectivity index is 1.75. The van der Waals surface area contributed by atoms with Gasteiger partial charge in [-0.1, -0.05) is 15.9 Å². The first-order chi connectivity index (χ1) is 8.70. The van der Waals surface area contributed by atoms with E-state index in [1.54, 1.807) is 17.4 Å². The van der Waals surface area contributed by atoms with E-state index in [0.29, 0.717) is 16.8 Å². The van der Waals surface area contributed by atoms with Crippen LogP contribution in [0.3, 0.4) is 0 Å². The Labute approximate surface area is 115 Å². The number of ether oxygens (including phenoxy) is 1. The van der Waals surface area contributed by atoms with Gasteiger partial charge in [0.25, 0.3) is 0 Å². The molecule has 1 aromatic carbocycles. The quantitative estimate of drug-likeness (QED) is 0.730. The van der Waals surface area contributed by atoms with Gasteiger partial charge in [-0.05, 0) is 12.1 Å². The third kappa shape index (κ3) is 2.39. The number of halogens is 2. The smallest absolute Gasteiger partial charge is 0.193 e. The molecule has 0 aliphatic heterocycles. The highest BCUT2D eigenvalue weighted by Gasteiger charge is 2.04. The fourth-order valence-corrected chi connectivity index (χ4v) is 2.78. The normalized spacial score (nSPS) is 11.0. The maximum Gasteiger partial charge on any atom is 0.193 e. The number of hydrogen-bond acceptors (Lipinski definition) is 3. The number of aromatic nitrogens is 2. The largest absolute Gasteiger partial charge is 0.487 e. The number of fused-ring (bicyclic) bond motifs is 1. The molecule has 2 aromatic heterocycles. The molecule has 0 unspecified atom stereocenters. The molecule has 0 aliphatic rings. The number of thiazole rings is 1. The van der Waals surface area contributed by atoms with Crippen LogP contribution in [0.1, 0.15) is 5.69 Å². The van der Waals surface area contributed by atoms with Gasteiger partial charge >= 0.3 is 0 Å². The second kappa shape index (κ2) is 4.70. The summed E-state index contributed by atoms with van der Waals surface area (Å²) in [4.78, 5) is 5.31. The van der Waals surface area contributed by atoms with Crippen molar-refractivity contribution in [2.24, 2.45) is 0 Å². The lowest BCUT2D eigenvalue weighted by molar-refractivity contribution is 0.300. The molecule has 0 aliphatic carbocycles. The zero-order valence-corrected chi connectivity index (χ0v) is 11.5. The van der Waals surface area contributed by atoms with Crippen LogP contribution in [0.2, 0.25) is 0 Å². The summed E-state index contributed by atoms with van der Waals surface area (Å²) in [5, 5.41) is 1.97. The summed E-state index contributed by atoms with van der Waals surface area (Å²) in [5.74, 6) is 0.156. The number of benzene rings is 1. The Morgan fingerprint density at radius 3 is 3.06 bits per heavy atom. The van der Waals surface area contributed by atoms with Crippen molar-refractivity contribution in [1.82, 2.24) is 9.38 Å². The molecule has 3 rings (SSSR count). The summed E-state index contributed by atoms with van der Waals surface area (Å²) < 4.78 is 21.2. The Bertz CT molecular complexity index is 646. The van der Waals surface area contributed by atoms with E-state index in [2.05, 4.69) is 20.9 Å². The molecule has 0 N–H and O–H groups in total. The van der Waals surface area contributed by atoms with Crippen LogP contribution in [0.4, 0.5) is 4.39 Å². The van der Waals surface area contributed by atoms with Gasteiger partial charge in [0.2, 0.25) is 0 Å². The topological polar surface area (TPSA) is 26.5 Å². The molecule has 0 spiro atoms. The molecule has 6 heteroatoms. The zero-order chi connectivity index (χ0) is 12.5. The minimum atomic E-state index is -0.329. The summed E-state index contributed by atoms with van der Waals surface area (Å²) in [6.07, 6.45) is 3.84. The van der Waals surface area contributed by atoms with Gasteiger partial charge in [-0.25, -0.2) is 9.37 Å². The highest BCUT2D eigenvalue weighted by atomic mass is 79.9. The van der Waals surface area contributed by atoms with E-state index in [4.69, 9.17) is 4.74 Å². The van der Waals surface area contributed by atoms with Gasteiger partial charge in [-0.3, -0.25) is 4.40 Å². The van der Waals surface area contributed by atoms with E-state index >= 15 is 0 Å². The molecule has 0 bridgehead atoms. The van der Waals surface area contributed by atoms with Crippen LogP contribution in [-0.2, 0) is 6.61 Å². The van der Waals surface area contributed by atoms with Crippen molar-refractivity contribution in [3.63, 3.8) is 0 Å². The van der Waals surface area contributed by atoms with Crippen molar-refractivity contribution >= 4 is 32.2 Å². The monoisotopic (exact) mass is 326 g/mol. The van der Waals surface area contributed by atoms with Crippen LogP contribution in [0.5, 0.6) is 5.75 Å². The SMILES string of the molecule is Fc1cc(Br)cc(OCc2cn3ccsc3n2)c1. The molecule has 0 fully saturated rings. The van der Waals surface area contributed by atoms with Crippen molar-refractivity contribution in [2.75, 3.05) is 0 Å². The van der Waals surface area contributed by atoms with Crippen molar-refractivity contribution in [1.29, 1.82) is 0 Å².